The molecule has 2 aromatic carbocycles. The van der Waals surface area contributed by atoms with E-state index in [2.05, 4.69) is 5.32 Å². The largest absolute Gasteiger partial charge is 0.452 e. The summed E-state index contributed by atoms with van der Waals surface area (Å²) in [7, 11) is 0. The highest BCUT2D eigenvalue weighted by atomic mass is 35.5. The summed E-state index contributed by atoms with van der Waals surface area (Å²) in [4.78, 5) is 39.2. The van der Waals surface area contributed by atoms with Crippen molar-refractivity contribution in [2.45, 2.75) is 24.3 Å². The Balaban J connectivity index is 1.49. The molecular weight excluding hydrogens is 424 g/mol. The molecule has 1 heterocycles. The Morgan fingerprint density at radius 3 is 2.50 bits per heavy atom. The Bertz CT molecular complexity index is 916. The van der Waals surface area contributed by atoms with Gasteiger partial charge in [0.15, 0.2) is 6.61 Å². The van der Waals surface area contributed by atoms with E-state index in [1.165, 1.54) is 11.8 Å². The second-order valence-electron chi connectivity index (χ2n) is 6.82. The highest BCUT2D eigenvalue weighted by Crippen LogP contribution is 2.24. The van der Waals surface area contributed by atoms with Gasteiger partial charge in [0.1, 0.15) is 0 Å². The normalized spacial score (nSPS) is 13.2. The fourth-order valence-corrected chi connectivity index (χ4v) is 4.20. The zero-order valence-corrected chi connectivity index (χ0v) is 18.0. The number of nitrogens with one attached hydrogen (secondary N) is 1. The molecule has 30 heavy (non-hydrogen) atoms. The van der Waals surface area contributed by atoms with E-state index in [0.29, 0.717) is 15.5 Å². The number of benzene rings is 2. The van der Waals surface area contributed by atoms with Crippen LogP contribution in [0.4, 0.5) is 0 Å². The molecule has 3 rings (SSSR count). The minimum absolute atomic E-state index is 0.0691. The van der Waals surface area contributed by atoms with Gasteiger partial charge in [-0.05, 0) is 36.6 Å². The average Bonchev–Trinajstić information content (AvgIpc) is 3.30. The predicted octanol–water partition coefficient (Wildman–Crippen LogP) is 3.53. The lowest BCUT2D eigenvalue weighted by Crippen LogP contribution is -2.29. The van der Waals surface area contributed by atoms with Gasteiger partial charge >= 0.3 is 5.97 Å². The van der Waals surface area contributed by atoms with Gasteiger partial charge in [0.2, 0.25) is 5.91 Å². The Morgan fingerprint density at radius 2 is 1.73 bits per heavy atom. The van der Waals surface area contributed by atoms with Gasteiger partial charge in [-0.3, -0.25) is 9.59 Å². The van der Waals surface area contributed by atoms with Crippen molar-refractivity contribution in [3.63, 3.8) is 0 Å². The first-order chi connectivity index (χ1) is 14.5. The van der Waals surface area contributed by atoms with Crippen molar-refractivity contribution in [3.05, 3.63) is 64.7 Å². The lowest BCUT2D eigenvalue weighted by molar-refractivity contribution is -0.127. The number of thioether (sulfide) groups is 1. The molecule has 1 N–H and O–H groups in total. The summed E-state index contributed by atoms with van der Waals surface area (Å²) in [6.07, 6.45) is 2.08. The summed E-state index contributed by atoms with van der Waals surface area (Å²) >= 11 is 7.37. The van der Waals surface area contributed by atoms with Crippen LogP contribution >= 0.6 is 23.4 Å². The van der Waals surface area contributed by atoms with Crippen LogP contribution in [-0.4, -0.2) is 48.1 Å². The SMILES string of the molecule is O=C(COC(=O)c1ccccc1SCC(=O)N1CCCC1)NCc1ccccc1Cl. The third kappa shape index (κ3) is 6.24. The molecular formula is C22H23ClN2O4S. The monoisotopic (exact) mass is 446 g/mol. The molecule has 1 saturated heterocycles. The maximum absolute atomic E-state index is 12.5. The summed E-state index contributed by atoms with van der Waals surface area (Å²) in [5, 5.41) is 3.24. The number of carbonyl (C=O) groups is 3. The highest BCUT2D eigenvalue weighted by Gasteiger charge is 2.20. The molecule has 1 aliphatic heterocycles. The topological polar surface area (TPSA) is 75.7 Å². The molecule has 0 radical (unpaired) electrons. The molecule has 0 bridgehead atoms. The fourth-order valence-electron chi connectivity index (χ4n) is 3.05. The first-order valence-corrected chi connectivity index (χ1v) is 11.1. The van der Waals surface area contributed by atoms with Crippen molar-refractivity contribution < 1.29 is 19.1 Å². The molecule has 0 aromatic heterocycles. The maximum atomic E-state index is 12.5. The number of ether oxygens (including phenoxy) is 1. The van der Waals surface area contributed by atoms with Gasteiger partial charge in [0.05, 0.1) is 11.3 Å². The van der Waals surface area contributed by atoms with Gasteiger partial charge < -0.3 is 15.0 Å². The Kier molecular flexibility index (Phi) is 8.16. The number of carbonyl (C=O) groups excluding carboxylic acids is 3. The Labute approximate surface area is 184 Å². The van der Waals surface area contributed by atoms with Crippen LogP contribution in [0, 0.1) is 0 Å². The molecule has 0 atom stereocenters. The Hall–Kier alpha value is -2.51. The Morgan fingerprint density at radius 1 is 1.03 bits per heavy atom. The molecule has 8 heteroatoms. The van der Waals surface area contributed by atoms with Gasteiger partial charge in [0, 0.05) is 29.6 Å². The molecule has 1 aliphatic rings. The number of amides is 2. The summed E-state index contributed by atoms with van der Waals surface area (Å²) < 4.78 is 5.16. The first-order valence-electron chi connectivity index (χ1n) is 9.71. The van der Waals surface area contributed by atoms with E-state index in [9.17, 15) is 14.4 Å². The smallest absolute Gasteiger partial charge is 0.339 e. The van der Waals surface area contributed by atoms with E-state index in [1.807, 2.05) is 23.1 Å². The van der Waals surface area contributed by atoms with Gasteiger partial charge in [-0.2, -0.15) is 0 Å². The molecule has 0 saturated carbocycles. The van der Waals surface area contributed by atoms with E-state index in [1.54, 1.807) is 30.3 Å². The van der Waals surface area contributed by atoms with Crippen molar-refractivity contribution in [1.82, 2.24) is 10.2 Å². The summed E-state index contributed by atoms with van der Waals surface area (Å²) in [5.41, 5.74) is 1.12. The van der Waals surface area contributed by atoms with Crippen molar-refractivity contribution in [3.8, 4) is 0 Å². The van der Waals surface area contributed by atoms with Crippen LogP contribution in [0.5, 0.6) is 0 Å². The third-order valence-electron chi connectivity index (χ3n) is 4.69. The van der Waals surface area contributed by atoms with Gasteiger partial charge in [0.25, 0.3) is 5.91 Å². The molecule has 0 spiro atoms. The number of likely N-dealkylation sites (tertiary alicyclic amines) is 1. The van der Waals surface area contributed by atoms with Crippen LogP contribution in [0.3, 0.4) is 0 Å². The lowest BCUT2D eigenvalue weighted by Gasteiger charge is -2.15. The van der Waals surface area contributed by atoms with E-state index < -0.39 is 18.5 Å². The van der Waals surface area contributed by atoms with Gasteiger partial charge in [-0.25, -0.2) is 4.79 Å². The van der Waals surface area contributed by atoms with Gasteiger partial charge in [-0.15, -0.1) is 11.8 Å². The zero-order chi connectivity index (χ0) is 21.3. The number of esters is 1. The van der Waals surface area contributed by atoms with Crippen LogP contribution in [0.15, 0.2) is 53.4 Å². The number of rotatable bonds is 8. The molecule has 6 nitrogen and oxygen atoms in total. The van der Waals surface area contributed by atoms with E-state index >= 15 is 0 Å². The second-order valence-corrected chi connectivity index (χ2v) is 8.24. The van der Waals surface area contributed by atoms with Crippen molar-refractivity contribution in [2.24, 2.45) is 0 Å². The maximum Gasteiger partial charge on any atom is 0.339 e. The molecule has 2 amide bonds. The number of hydrogen-bond donors (Lipinski definition) is 1. The minimum Gasteiger partial charge on any atom is -0.452 e. The van der Waals surface area contributed by atoms with Crippen LogP contribution in [0.25, 0.3) is 0 Å². The zero-order valence-electron chi connectivity index (χ0n) is 16.4. The fraction of sp³-hybridized carbons (Fsp3) is 0.318. The lowest BCUT2D eigenvalue weighted by atomic mass is 10.2. The van der Waals surface area contributed by atoms with E-state index in [4.69, 9.17) is 16.3 Å². The predicted molar refractivity (Wildman–Crippen MR) is 117 cm³/mol. The standard InChI is InChI=1S/C22H23ClN2O4S/c23-18-9-3-1-7-16(18)13-24-20(26)14-29-22(28)17-8-2-4-10-19(17)30-15-21(27)25-11-5-6-12-25/h1-4,7-10H,5-6,11-15H2,(H,24,26). The molecule has 2 aromatic rings. The van der Waals surface area contributed by atoms with E-state index in [-0.39, 0.29) is 18.2 Å². The summed E-state index contributed by atoms with van der Waals surface area (Å²) in [6.45, 7) is 1.45. The summed E-state index contributed by atoms with van der Waals surface area (Å²) in [5.74, 6) is -0.681. The third-order valence-corrected chi connectivity index (χ3v) is 6.11. The number of nitrogens with zero attached hydrogens (tertiary/aromatic N) is 1. The van der Waals surface area contributed by atoms with Crippen LogP contribution in [0.1, 0.15) is 28.8 Å². The first kappa shape index (κ1) is 22.2. The molecule has 0 aliphatic carbocycles. The van der Waals surface area contributed by atoms with Crippen molar-refractivity contribution in [2.75, 3.05) is 25.4 Å². The number of halogens is 1. The van der Waals surface area contributed by atoms with Crippen LogP contribution in [-0.2, 0) is 20.9 Å². The van der Waals surface area contributed by atoms with Crippen LogP contribution in [0.2, 0.25) is 5.02 Å². The quantitative estimate of drug-likeness (QED) is 0.496. The van der Waals surface area contributed by atoms with Crippen molar-refractivity contribution in [1.29, 1.82) is 0 Å². The molecule has 158 valence electrons. The average molecular weight is 447 g/mol. The second kappa shape index (κ2) is 11.0. The molecule has 1 fully saturated rings. The molecule has 0 unspecified atom stereocenters. The highest BCUT2D eigenvalue weighted by molar-refractivity contribution is 8.00. The van der Waals surface area contributed by atoms with Gasteiger partial charge in [-0.1, -0.05) is 41.9 Å². The van der Waals surface area contributed by atoms with Crippen LogP contribution < -0.4 is 5.32 Å². The summed E-state index contributed by atoms with van der Waals surface area (Å²) in [6, 6.07) is 14.1. The minimum atomic E-state index is -0.598. The van der Waals surface area contributed by atoms with Crippen molar-refractivity contribution >= 4 is 41.1 Å². The van der Waals surface area contributed by atoms with E-state index in [0.717, 1.165) is 31.5 Å². The number of hydrogen-bond acceptors (Lipinski definition) is 5.